The molecule has 0 atom stereocenters. The van der Waals surface area contributed by atoms with Crippen LogP contribution in [-0.4, -0.2) is 14.6 Å². The van der Waals surface area contributed by atoms with Crippen LogP contribution in [0.25, 0.3) is 5.65 Å². The number of pyridine rings is 1. The highest BCUT2D eigenvalue weighted by Crippen LogP contribution is 2.18. The van der Waals surface area contributed by atoms with Gasteiger partial charge >= 0.3 is 0 Å². The van der Waals surface area contributed by atoms with Crippen LogP contribution in [0.1, 0.15) is 11.4 Å². The Kier molecular flexibility index (Phi) is 1.65. The molecule has 0 unspecified atom stereocenters. The fourth-order valence-electron chi connectivity index (χ4n) is 1.19. The minimum atomic E-state index is 0.873. The van der Waals surface area contributed by atoms with E-state index in [2.05, 4.69) is 26.1 Å². The molecule has 12 heavy (non-hydrogen) atoms. The molecule has 0 radical (unpaired) electrons. The Morgan fingerprint density at radius 3 is 2.83 bits per heavy atom. The molecule has 0 saturated carbocycles. The molecule has 0 aliphatic heterocycles. The van der Waals surface area contributed by atoms with Crippen molar-refractivity contribution in [1.29, 1.82) is 0 Å². The van der Waals surface area contributed by atoms with Crippen LogP contribution in [0.5, 0.6) is 0 Å². The Balaban J connectivity index is 2.92. The summed E-state index contributed by atoms with van der Waals surface area (Å²) in [5.74, 6) is 0.911. The molecule has 3 nitrogen and oxygen atoms in total. The van der Waals surface area contributed by atoms with Gasteiger partial charge in [-0.25, -0.2) is 0 Å². The van der Waals surface area contributed by atoms with Gasteiger partial charge in [-0.1, -0.05) is 0 Å². The smallest absolute Gasteiger partial charge is 0.175 e. The number of fused-ring (bicyclic) bond motifs is 1. The first-order valence-corrected chi connectivity index (χ1v) is 4.45. The molecular weight excluding hydrogens is 218 g/mol. The second kappa shape index (κ2) is 2.55. The summed E-state index contributed by atoms with van der Waals surface area (Å²) >= 11 is 3.44. The van der Waals surface area contributed by atoms with Crippen LogP contribution >= 0.6 is 15.9 Å². The Hall–Kier alpha value is -0.900. The summed E-state index contributed by atoms with van der Waals surface area (Å²) in [7, 11) is 0. The number of aromatic nitrogens is 3. The van der Waals surface area contributed by atoms with Gasteiger partial charge in [-0.05, 0) is 41.4 Å². The van der Waals surface area contributed by atoms with E-state index in [0.29, 0.717) is 0 Å². The first-order valence-electron chi connectivity index (χ1n) is 3.66. The molecular formula is C8H8BrN3. The van der Waals surface area contributed by atoms with Gasteiger partial charge in [0.25, 0.3) is 0 Å². The lowest BCUT2D eigenvalue weighted by molar-refractivity contribution is 1.00. The summed E-state index contributed by atoms with van der Waals surface area (Å²) in [4.78, 5) is 0. The average Bonchev–Trinajstić information content (AvgIpc) is 2.33. The molecule has 0 bridgehead atoms. The van der Waals surface area contributed by atoms with Gasteiger partial charge in [-0.15, -0.1) is 10.2 Å². The van der Waals surface area contributed by atoms with Gasteiger partial charge in [-0.3, -0.25) is 4.40 Å². The lowest BCUT2D eigenvalue weighted by Crippen LogP contribution is -1.89. The van der Waals surface area contributed by atoms with Crippen molar-refractivity contribution >= 4 is 21.6 Å². The van der Waals surface area contributed by atoms with Crippen LogP contribution < -0.4 is 0 Å². The minimum Gasteiger partial charge on any atom is -0.285 e. The number of rotatable bonds is 0. The molecule has 0 amide bonds. The van der Waals surface area contributed by atoms with Gasteiger partial charge in [0.2, 0.25) is 0 Å². The molecule has 4 heteroatoms. The maximum Gasteiger partial charge on any atom is 0.175 e. The quantitative estimate of drug-likeness (QED) is 0.688. The highest BCUT2D eigenvalue weighted by atomic mass is 79.9. The Morgan fingerprint density at radius 2 is 2.08 bits per heavy atom. The summed E-state index contributed by atoms with van der Waals surface area (Å²) in [5, 5.41) is 8.01. The normalized spacial score (nSPS) is 10.9. The van der Waals surface area contributed by atoms with Crippen molar-refractivity contribution in [3.63, 3.8) is 0 Å². The third-order valence-corrected chi connectivity index (χ3v) is 2.35. The lowest BCUT2D eigenvalue weighted by Gasteiger charge is -1.98. The van der Waals surface area contributed by atoms with Gasteiger partial charge in [0.1, 0.15) is 5.82 Å². The first-order chi connectivity index (χ1) is 5.68. The Bertz CT molecular complexity index is 433. The molecule has 0 fully saturated rings. The van der Waals surface area contributed by atoms with Crippen molar-refractivity contribution in [3.8, 4) is 0 Å². The maximum absolute atomic E-state index is 4.02. The van der Waals surface area contributed by atoms with E-state index < -0.39 is 0 Å². The van der Waals surface area contributed by atoms with E-state index in [-0.39, 0.29) is 0 Å². The second-order valence-corrected chi connectivity index (χ2v) is 3.66. The standard InChI is InChI=1S/C8H8BrN3/c1-5-3-7(9)8-11-10-6(2)12(8)4-5/h3-4H,1-2H3. The topological polar surface area (TPSA) is 30.2 Å². The predicted octanol–water partition coefficient (Wildman–Crippen LogP) is 2.11. The Labute approximate surface area is 78.6 Å². The van der Waals surface area contributed by atoms with Crippen molar-refractivity contribution < 1.29 is 0 Å². The van der Waals surface area contributed by atoms with E-state index in [1.165, 1.54) is 5.56 Å². The van der Waals surface area contributed by atoms with Gasteiger partial charge in [0.15, 0.2) is 5.65 Å². The van der Waals surface area contributed by atoms with Crippen molar-refractivity contribution in [2.75, 3.05) is 0 Å². The number of nitrogens with zero attached hydrogens (tertiary/aromatic N) is 3. The van der Waals surface area contributed by atoms with Crippen molar-refractivity contribution in [2.45, 2.75) is 13.8 Å². The lowest BCUT2D eigenvalue weighted by atomic mass is 10.3. The molecule has 2 heterocycles. The van der Waals surface area contributed by atoms with Gasteiger partial charge in [0.05, 0.1) is 4.47 Å². The van der Waals surface area contributed by atoms with Crippen LogP contribution in [-0.2, 0) is 0 Å². The number of halogens is 1. The number of hydrogen-bond acceptors (Lipinski definition) is 2. The molecule has 0 N–H and O–H groups in total. The molecule has 2 rings (SSSR count). The summed E-state index contributed by atoms with van der Waals surface area (Å²) < 4.78 is 2.96. The molecule has 0 aliphatic carbocycles. The fourth-order valence-corrected chi connectivity index (χ4v) is 1.82. The summed E-state index contributed by atoms with van der Waals surface area (Å²) in [6.45, 7) is 3.98. The monoisotopic (exact) mass is 225 g/mol. The summed E-state index contributed by atoms with van der Waals surface area (Å²) in [5.41, 5.74) is 2.07. The molecule has 0 aromatic carbocycles. The number of aryl methyl sites for hydroxylation is 2. The van der Waals surface area contributed by atoms with E-state index in [0.717, 1.165) is 15.9 Å². The van der Waals surface area contributed by atoms with Crippen LogP contribution in [0.3, 0.4) is 0 Å². The van der Waals surface area contributed by atoms with Crippen LogP contribution in [0, 0.1) is 13.8 Å². The number of hydrogen-bond donors (Lipinski definition) is 0. The highest BCUT2D eigenvalue weighted by molar-refractivity contribution is 9.10. The predicted molar refractivity (Wildman–Crippen MR) is 50.2 cm³/mol. The van der Waals surface area contributed by atoms with Crippen LogP contribution in [0.2, 0.25) is 0 Å². The fraction of sp³-hybridized carbons (Fsp3) is 0.250. The zero-order chi connectivity index (χ0) is 8.72. The molecule has 0 spiro atoms. The van der Waals surface area contributed by atoms with E-state index in [1.54, 1.807) is 0 Å². The van der Waals surface area contributed by atoms with E-state index >= 15 is 0 Å². The van der Waals surface area contributed by atoms with Crippen molar-refractivity contribution in [1.82, 2.24) is 14.6 Å². The third-order valence-electron chi connectivity index (χ3n) is 1.77. The zero-order valence-electron chi connectivity index (χ0n) is 6.87. The molecule has 0 aliphatic rings. The molecule has 62 valence electrons. The SMILES string of the molecule is Cc1cc(Br)c2nnc(C)n2c1. The maximum atomic E-state index is 4.02. The molecule has 0 saturated heterocycles. The van der Waals surface area contributed by atoms with Crippen LogP contribution in [0.15, 0.2) is 16.7 Å². The first kappa shape index (κ1) is 7.73. The highest BCUT2D eigenvalue weighted by Gasteiger charge is 2.04. The minimum absolute atomic E-state index is 0.873. The largest absolute Gasteiger partial charge is 0.285 e. The molecule has 2 aromatic heterocycles. The average molecular weight is 226 g/mol. The molecule has 2 aromatic rings. The van der Waals surface area contributed by atoms with Crippen molar-refractivity contribution in [3.05, 3.63) is 28.1 Å². The summed E-state index contributed by atoms with van der Waals surface area (Å²) in [6, 6.07) is 2.03. The Morgan fingerprint density at radius 1 is 1.33 bits per heavy atom. The van der Waals surface area contributed by atoms with E-state index in [1.807, 2.05) is 30.5 Å². The van der Waals surface area contributed by atoms with E-state index in [9.17, 15) is 0 Å². The van der Waals surface area contributed by atoms with Gasteiger partial charge in [-0.2, -0.15) is 0 Å². The van der Waals surface area contributed by atoms with Gasteiger partial charge < -0.3 is 0 Å². The summed E-state index contributed by atoms with van der Waals surface area (Å²) in [6.07, 6.45) is 2.02. The second-order valence-electron chi connectivity index (χ2n) is 2.81. The zero-order valence-corrected chi connectivity index (χ0v) is 8.46. The third kappa shape index (κ3) is 1.03. The van der Waals surface area contributed by atoms with Crippen molar-refractivity contribution in [2.24, 2.45) is 0 Å². The van der Waals surface area contributed by atoms with Gasteiger partial charge in [0, 0.05) is 6.20 Å². The van der Waals surface area contributed by atoms with Crippen LogP contribution in [0.4, 0.5) is 0 Å². The van der Waals surface area contributed by atoms with E-state index in [4.69, 9.17) is 0 Å².